The van der Waals surface area contributed by atoms with Crippen molar-refractivity contribution in [1.29, 1.82) is 0 Å². The molecule has 0 radical (unpaired) electrons. The number of carbonyl (C=O) groups excluding carboxylic acids is 2. The van der Waals surface area contributed by atoms with Gasteiger partial charge in [-0.1, -0.05) is 20.8 Å². The number of carboxylic acids is 1. The number of hydrogen-bond acceptors (Lipinski definition) is 6. The van der Waals surface area contributed by atoms with Crippen molar-refractivity contribution in [3.63, 3.8) is 0 Å². The molecule has 11 heteroatoms. The van der Waals surface area contributed by atoms with Gasteiger partial charge in [0.15, 0.2) is 6.61 Å². The molecule has 0 unspecified atom stereocenters. The number of hydrogen-bond donors (Lipinski definition) is 4. The Labute approximate surface area is 207 Å². The molecule has 1 aliphatic heterocycles. The summed E-state index contributed by atoms with van der Waals surface area (Å²) in [6.07, 6.45) is 1.26. The van der Waals surface area contributed by atoms with Crippen molar-refractivity contribution in [2.45, 2.75) is 45.7 Å². The molecule has 0 spiro atoms. The number of morpholine rings is 1. The Hall–Kier alpha value is -2.72. The molecule has 1 saturated heterocycles. The van der Waals surface area contributed by atoms with Gasteiger partial charge in [-0.25, -0.2) is 9.59 Å². The van der Waals surface area contributed by atoms with Crippen LogP contribution in [0.2, 0.25) is 0 Å². The molecule has 10 nitrogen and oxygen atoms in total. The van der Waals surface area contributed by atoms with E-state index in [1.54, 1.807) is 29.2 Å². The minimum atomic E-state index is -1.03. The predicted molar refractivity (Wildman–Crippen MR) is 132 cm³/mol. The van der Waals surface area contributed by atoms with Gasteiger partial charge in [0.25, 0.3) is 0 Å². The first kappa shape index (κ1) is 29.3. The fourth-order valence-electron chi connectivity index (χ4n) is 3.36. The third kappa shape index (κ3) is 10.5. The topological polar surface area (TPSA) is 129 Å². The van der Waals surface area contributed by atoms with Crippen LogP contribution in [-0.4, -0.2) is 79.5 Å². The molecule has 192 valence electrons. The Morgan fingerprint density at radius 3 is 2.32 bits per heavy atom. The second kappa shape index (κ2) is 15.2. The van der Waals surface area contributed by atoms with Crippen molar-refractivity contribution in [3.8, 4) is 5.75 Å². The van der Waals surface area contributed by atoms with Crippen LogP contribution in [0.4, 0.5) is 10.5 Å². The van der Waals surface area contributed by atoms with Gasteiger partial charge in [0.2, 0.25) is 5.91 Å². The van der Waals surface area contributed by atoms with E-state index < -0.39 is 18.6 Å². The highest BCUT2D eigenvalue weighted by Gasteiger charge is 2.26. The number of benzene rings is 1. The highest BCUT2D eigenvalue weighted by atomic mass is 35.5. The molecule has 0 aromatic heterocycles. The number of aliphatic carboxylic acids is 1. The van der Waals surface area contributed by atoms with Crippen LogP contribution >= 0.6 is 12.4 Å². The molecule has 2 rings (SSSR count). The van der Waals surface area contributed by atoms with Gasteiger partial charge in [-0.2, -0.15) is 0 Å². The summed E-state index contributed by atoms with van der Waals surface area (Å²) < 4.78 is 10.4. The molecule has 1 fully saturated rings. The maximum absolute atomic E-state index is 13.0. The van der Waals surface area contributed by atoms with E-state index in [-0.39, 0.29) is 36.3 Å². The molecule has 4 N–H and O–H groups in total. The van der Waals surface area contributed by atoms with Gasteiger partial charge in [-0.15, -0.1) is 12.4 Å². The van der Waals surface area contributed by atoms with Crippen LogP contribution in [0.5, 0.6) is 5.75 Å². The fraction of sp³-hybridized carbons (Fsp3) is 0.609. The highest BCUT2D eigenvalue weighted by molar-refractivity contribution is 5.87. The van der Waals surface area contributed by atoms with Gasteiger partial charge in [-0.05, 0) is 43.0 Å². The maximum Gasteiger partial charge on any atom is 0.341 e. The van der Waals surface area contributed by atoms with Gasteiger partial charge in [0, 0.05) is 31.4 Å². The number of amides is 3. The Balaban J connectivity index is 0.00000578. The average molecular weight is 501 g/mol. The second-order valence-electron chi connectivity index (χ2n) is 8.43. The van der Waals surface area contributed by atoms with Crippen LogP contribution in [0.15, 0.2) is 24.3 Å². The zero-order valence-corrected chi connectivity index (χ0v) is 20.9. The van der Waals surface area contributed by atoms with E-state index in [1.807, 2.05) is 20.8 Å². The zero-order chi connectivity index (χ0) is 24.2. The van der Waals surface area contributed by atoms with E-state index in [2.05, 4.69) is 16.0 Å². The standard InChI is InChI=1S/C23H36N4O6.ClH/c1-4-17(14-24-18-5-7-19(8-6-18)33-15-21(28)29)25-22(30)20(13-16(2)3)26-23(31)27-9-11-32-12-10-27;/h5-8,16-17,20,24H,4,9-15H2,1-3H3,(H,25,30)(H,26,31)(H,28,29);1H/t17-,20-;/m0./s1. The van der Waals surface area contributed by atoms with Gasteiger partial charge < -0.3 is 35.4 Å². The number of nitrogens with one attached hydrogen (secondary N) is 3. The van der Waals surface area contributed by atoms with Crippen LogP contribution in [0, 0.1) is 5.92 Å². The molecule has 1 heterocycles. The quantitative estimate of drug-likeness (QED) is 0.346. The second-order valence-corrected chi connectivity index (χ2v) is 8.43. The molecule has 0 saturated carbocycles. The smallest absolute Gasteiger partial charge is 0.341 e. The lowest BCUT2D eigenvalue weighted by atomic mass is 10.0. The number of nitrogens with zero attached hydrogens (tertiary/aromatic N) is 1. The van der Waals surface area contributed by atoms with Crippen LogP contribution in [0.3, 0.4) is 0 Å². The number of rotatable bonds is 12. The largest absolute Gasteiger partial charge is 0.482 e. The molecule has 3 amide bonds. The van der Waals surface area contributed by atoms with Gasteiger partial charge in [0.05, 0.1) is 13.2 Å². The fourth-order valence-corrected chi connectivity index (χ4v) is 3.36. The summed E-state index contributed by atoms with van der Waals surface area (Å²) in [5.41, 5.74) is 0.824. The molecule has 0 bridgehead atoms. The van der Waals surface area contributed by atoms with Crippen LogP contribution in [-0.2, 0) is 14.3 Å². The van der Waals surface area contributed by atoms with Gasteiger partial charge >= 0.3 is 12.0 Å². The average Bonchev–Trinajstić information content (AvgIpc) is 2.80. The molecule has 1 aliphatic rings. The summed E-state index contributed by atoms with van der Waals surface area (Å²) in [7, 11) is 0. The van der Waals surface area contributed by atoms with Gasteiger partial charge in [-0.3, -0.25) is 4.79 Å². The Morgan fingerprint density at radius 2 is 1.76 bits per heavy atom. The number of halogens is 1. The van der Waals surface area contributed by atoms with Crippen molar-refractivity contribution in [3.05, 3.63) is 24.3 Å². The Bertz CT molecular complexity index is 771. The number of ether oxygens (including phenoxy) is 2. The normalized spacial score (nSPS) is 15.0. The summed E-state index contributed by atoms with van der Waals surface area (Å²) >= 11 is 0. The molecule has 34 heavy (non-hydrogen) atoms. The van der Waals surface area contributed by atoms with E-state index in [4.69, 9.17) is 14.6 Å². The summed E-state index contributed by atoms with van der Waals surface area (Å²) in [5.74, 6) is -0.520. The summed E-state index contributed by atoms with van der Waals surface area (Å²) in [6.45, 7) is 8.18. The van der Waals surface area contributed by atoms with Crippen molar-refractivity contribution in [2.75, 3.05) is 44.8 Å². The lowest BCUT2D eigenvalue weighted by Crippen LogP contribution is -2.55. The van der Waals surface area contributed by atoms with Crippen molar-refractivity contribution >= 4 is 36.0 Å². The highest BCUT2D eigenvalue weighted by Crippen LogP contribution is 2.16. The van der Waals surface area contributed by atoms with Crippen molar-refractivity contribution in [2.24, 2.45) is 5.92 Å². The van der Waals surface area contributed by atoms with Crippen molar-refractivity contribution in [1.82, 2.24) is 15.5 Å². The molecular formula is C23H37ClN4O6. The molecular weight excluding hydrogens is 464 g/mol. The maximum atomic E-state index is 13.0. The SMILES string of the molecule is CC[C@@H](CNc1ccc(OCC(=O)O)cc1)NC(=O)[C@H](CC(C)C)NC(=O)N1CCOCC1.Cl. The van der Waals surface area contributed by atoms with Crippen LogP contribution in [0.1, 0.15) is 33.6 Å². The van der Waals surface area contributed by atoms with E-state index in [1.165, 1.54) is 0 Å². The van der Waals surface area contributed by atoms with Crippen LogP contribution < -0.4 is 20.7 Å². The Kier molecular flexibility index (Phi) is 13.1. The lowest BCUT2D eigenvalue weighted by molar-refractivity contribution is -0.139. The third-order valence-electron chi connectivity index (χ3n) is 5.23. The monoisotopic (exact) mass is 500 g/mol. The van der Waals surface area contributed by atoms with Crippen molar-refractivity contribution < 1.29 is 29.0 Å². The summed E-state index contributed by atoms with van der Waals surface area (Å²) in [5, 5.41) is 17.9. The van der Waals surface area contributed by atoms with E-state index in [0.717, 1.165) is 5.69 Å². The first-order valence-corrected chi connectivity index (χ1v) is 11.4. The lowest BCUT2D eigenvalue weighted by Gasteiger charge is -2.30. The first-order valence-electron chi connectivity index (χ1n) is 11.4. The van der Waals surface area contributed by atoms with E-state index in [9.17, 15) is 14.4 Å². The summed E-state index contributed by atoms with van der Waals surface area (Å²) in [6, 6.07) is 5.96. The summed E-state index contributed by atoms with van der Waals surface area (Å²) in [4.78, 5) is 37.8. The first-order chi connectivity index (χ1) is 15.8. The number of carboxylic acid groups (broad SMARTS) is 1. The van der Waals surface area contributed by atoms with Gasteiger partial charge in [0.1, 0.15) is 11.8 Å². The van der Waals surface area contributed by atoms with Crippen LogP contribution in [0.25, 0.3) is 0 Å². The molecule has 2 atom stereocenters. The predicted octanol–water partition coefficient (Wildman–Crippen LogP) is 2.34. The zero-order valence-electron chi connectivity index (χ0n) is 20.0. The molecule has 0 aliphatic carbocycles. The van der Waals surface area contributed by atoms with E-state index in [0.29, 0.717) is 51.4 Å². The number of anilines is 1. The minimum Gasteiger partial charge on any atom is -0.482 e. The minimum absolute atomic E-state index is 0. The Morgan fingerprint density at radius 1 is 1.12 bits per heavy atom. The third-order valence-corrected chi connectivity index (χ3v) is 5.23. The number of urea groups is 1. The van der Waals surface area contributed by atoms with E-state index >= 15 is 0 Å². The molecule has 1 aromatic rings. The number of carbonyl (C=O) groups is 3. The molecule has 1 aromatic carbocycles.